The van der Waals surface area contributed by atoms with Gasteiger partial charge in [-0.25, -0.2) is 0 Å². The molecule has 0 radical (unpaired) electrons. The van der Waals surface area contributed by atoms with Crippen molar-refractivity contribution in [1.29, 1.82) is 0 Å². The molecule has 2 heterocycles. The third-order valence-corrected chi connectivity index (χ3v) is 4.57. The normalized spacial score (nSPS) is 15.3. The molecule has 1 fully saturated rings. The highest BCUT2D eigenvalue weighted by molar-refractivity contribution is 6.04. The number of aromatic nitrogens is 1. The van der Waals surface area contributed by atoms with E-state index in [0.29, 0.717) is 24.3 Å². The Labute approximate surface area is 159 Å². The molecule has 142 valence electrons. The Morgan fingerprint density at radius 1 is 1.04 bits per heavy atom. The molecule has 0 bridgehead atoms. The molecular weight excluding hydrogens is 342 g/mol. The van der Waals surface area contributed by atoms with Crippen molar-refractivity contribution < 1.29 is 9.59 Å². The summed E-state index contributed by atoms with van der Waals surface area (Å²) in [6.45, 7) is 4.33. The van der Waals surface area contributed by atoms with E-state index < -0.39 is 0 Å². The van der Waals surface area contributed by atoms with Crippen molar-refractivity contribution in [3.63, 3.8) is 0 Å². The number of hydrogen-bond acceptors (Lipinski definition) is 5. The number of nitrogens with zero attached hydrogens (tertiary/aromatic N) is 3. The molecule has 0 saturated carbocycles. The van der Waals surface area contributed by atoms with Crippen LogP contribution in [-0.4, -0.2) is 66.4 Å². The van der Waals surface area contributed by atoms with E-state index in [9.17, 15) is 9.59 Å². The quantitative estimate of drug-likeness (QED) is 0.802. The van der Waals surface area contributed by atoms with E-state index in [4.69, 9.17) is 0 Å². The fourth-order valence-corrected chi connectivity index (χ4v) is 2.96. The molecule has 2 N–H and O–H groups in total. The van der Waals surface area contributed by atoms with Gasteiger partial charge in [0.15, 0.2) is 0 Å². The van der Waals surface area contributed by atoms with E-state index in [1.807, 2.05) is 18.2 Å². The Hall–Kier alpha value is -2.77. The highest BCUT2D eigenvalue weighted by atomic mass is 16.2. The molecule has 0 aliphatic carbocycles. The van der Waals surface area contributed by atoms with Crippen molar-refractivity contribution in [3.8, 4) is 0 Å². The first kappa shape index (κ1) is 19.0. The van der Waals surface area contributed by atoms with Crippen LogP contribution in [0.25, 0.3) is 0 Å². The Kier molecular flexibility index (Phi) is 6.51. The number of hydrogen-bond donors (Lipinski definition) is 2. The van der Waals surface area contributed by atoms with Gasteiger partial charge >= 0.3 is 0 Å². The number of carbonyl (C=O) groups excluding carboxylic acids is 2. The van der Waals surface area contributed by atoms with Crippen LogP contribution >= 0.6 is 0 Å². The van der Waals surface area contributed by atoms with Gasteiger partial charge in [-0.1, -0.05) is 18.2 Å². The Bertz CT molecular complexity index is 773. The lowest BCUT2D eigenvalue weighted by Crippen LogP contribution is -2.47. The second kappa shape index (κ2) is 9.25. The maximum absolute atomic E-state index is 12.5. The van der Waals surface area contributed by atoms with Crippen LogP contribution in [0.4, 0.5) is 5.69 Å². The SMILES string of the molecule is CN1CCN(CC(=O)Nc2ccccc2C(=O)NCc2ccccn2)CC1. The first-order chi connectivity index (χ1) is 13.1. The lowest BCUT2D eigenvalue weighted by Gasteiger charge is -2.31. The van der Waals surface area contributed by atoms with Gasteiger partial charge in [-0.15, -0.1) is 0 Å². The van der Waals surface area contributed by atoms with Gasteiger partial charge < -0.3 is 15.5 Å². The number of carbonyl (C=O) groups is 2. The number of piperazine rings is 1. The topological polar surface area (TPSA) is 77.6 Å². The van der Waals surface area contributed by atoms with Gasteiger partial charge in [0.05, 0.1) is 30.0 Å². The molecule has 0 unspecified atom stereocenters. The van der Waals surface area contributed by atoms with E-state index in [2.05, 4.69) is 32.5 Å². The molecule has 7 heteroatoms. The van der Waals surface area contributed by atoms with Gasteiger partial charge in [-0.3, -0.25) is 19.5 Å². The van der Waals surface area contributed by atoms with E-state index >= 15 is 0 Å². The largest absolute Gasteiger partial charge is 0.346 e. The van der Waals surface area contributed by atoms with Crippen molar-refractivity contribution in [2.75, 3.05) is 45.1 Å². The average molecular weight is 367 g/mol. The molecule has 2 amide bonds. The maximum Gasteiger partial charge on any atom is 0.253 e. The number of para-hydroxylation sites is 1. The minimum absolute atomic E-state index is 0.107. The van der Waals surface area contributed by atoms with Crippen molar-refractivity contribution in [2.24, 2.45) is 0 Å². The second-order valence-electron chi connectivity index (χ2n) is 6.68. The molecule has 1 aliphatic heterocycles. The highest BCUT2D eigenvalue weighted by Gasteiger charge is 2.18. The van der Waals surface area contributed by atoms with Gasteiger partial charge in [-0.05, 0) is 31.3 Å². The smallest absolute Gasteiger partial charge is 0.253 e. The summed E-state index contributed by atoms with van der Waals surface area (Å²) < 4.78 is 0. The molecule has 0 spiro atoms. The minimum atomic E-state index is -0.240. The third-order valence-electron chi connectivity index (χ3n) is 4.57. The van der Waals surface area contributed by atoms with Crippen LogP contribution in [0.5, 0.6) is 0 Å². The number of rotatable bonds is 6. The van der Waals surface area contributed by atoms with E-state index in [0.717, 1.165) is 31.9 Å². The van der Waals surface area contributed by atoms with Crippen LogP contribution in [0.15, 0.2) is 48.7 Å². The minimum Gasteiger partial charge on any atom is -0.346 e. The van der Waals surface area contributed by atoms with Crippen LogP contribution in [0.1, 0.15) is 16.1 Å². The van der Waals surface area contributed by atoms with E-state index in [1.165, 1.54) is 0 Å². The predicted octanol–water partition coefficient (Wildman–Crippen LogP) is 1.20. The summed E-state index contributed by atoms with van der Waals surface area (Å²) in [6, 6.07) is 12.6. The number of anilines is 1. The second-order valence-corrected chi connectivity index (χ2v) is 6.68. The van der Waals surface area contributed by atoms with Crippen molar-refractivity contribution >= 4 is 17.5 Å². The van der Waals surface area contributed by atoms with Crippen molar-refractivity contribution in [2.45, 2.75) is 6.54 Å². The highest BCUT2D eigenvalue weighted by Crippen LogP contribution is 2.15. The summed E-state index contributed by atoms with van der Waals surface area (Å²) in [5.74, 6) is -0.347. The lowest BCUT2D eigenvalue weighted by molar-refractivity contribution is -0.117. The fourth-order valence-electron chi connectivity index (χ4n) is 2.96. The molecular formula is C20H25N5O2. The summed E-state index contributed by atoms with van der Waals surface area (Å²) in [7, 11) is 2.08. The standard InChI is InChI=1S/C20H25N5O2/c1-24-10-12-25(13-11-24)15-19(26)23-18-8-3-2-7-17(18)20(27)22-14-16-6-4-5-9-21-16/h2-9H,10-15H2,1H3,(H,22,27)(H,23,26). The predicted molar refractivity (Wildman–Crippen MR) is 104 cm³/mol. The van der Waals surface area contributed by atoms with Crippen LogP contribution < -0.4 is 10.6 Å². The van der Waals surface area contributed by atoms with Gasteiger partial charge in [-0.2, -0.15) is 0 Å². The van der Waals surface area contributed by atoms with Gasteiger partial charge in [0.2, 0.25) is 5.91 Å². The molecule has 0 atom stereocenters. The van der Waals surface area contributed by atoms with Crippen LogP contribution in [-0.2, 0) is 11.3 Å². The number of amides is 2. The molecule has 1 aromatic carbocycles. The first-order valence-electron chi connectivity index (χ1n) is 9.10. The maximum atomic E-state index is 12.5. The summed E-state index contributed by atoms with van der Waals surface area (Å²) in [6.07, 6.45) is 1.69. The van der Waals surface area contributed by atoms with Crippen LogP contribution in [0, 0.1) is 0 Å². The molecule has 2 aromatic rings. The molecule has 27 heavy (non-hydrogen) atoms. The van der Waals surface area contributed by atoms with Gasteiger partial charge in [0, 0.05) is 32.4 Å². The zero-order valence-corrected chi connectivity index (χ0v) is 15.5. The Morgan fingerprint density at radius 2 is 1.78 bits per heavy atom. The summed E-state index contributed by atoms with van der Waals surface area (Å²) in [5.41, 5.74) is 1.75. The number of benzene rings is 1. The van der Waals surface area contributed by atoms with E-state index in [1.54, 1.807) is 30.5 Å². The zero-order chi connectivity index (χ0) is 19.1. The van der Waals surface area contributed by atoms with Crippen LogP contribution in [0.2, 0.25) is 0 Å². The monoisotopic (exact) mass is 367 g/mol. The summed E-state index contributed by atoms with van der Waals surface area (Å²) in [5, 5.41) is 5.72. The first-order valence-corrected chi connectivity index (χ1v) is 9.10. The zero-order valence-electron chi connectivity index (χ0n) is 15.5. The number of pyridine rings is 1. The third kappa shape index (κ3) is 5.60. The average Bonchev–Trinajstić information content (AvgIpc) is 2.69. The molecule has 1 aromatic heterocycles. The van der Waals surface area contributed by atoms with Crippen molar-refractivity contribution in [3.05, 3.63) is 59.9 Å². The molecule has 1 aliphatic rings. The fraction of sp³-hybridized carbons (Fsp3) is 0.350. The lowest BCUT2D eigenvalue weighted by atomic mass is 10.1. The Morgan fingerprint density at radius 3 is 2.52 bits per heavy atom. The summed E-state index contributed by atoms with van der Waals surface area (Å²) in [4.78, 5) is 33.5. The Balaban J connectivity index is 1.58. The number of likely N-dealkylation sites (N-methyl/N-ethyl adjacent to an activating group) is 1. The molecule has 1 saturated heterocycles. The molecule has 3 rings (SSSR count). The number of nitrogens with one attached hydrogen (secondary N) is 2. The summed E-state index contributed by atoms with van der Waals surface area (Å²) >= 11 is 0. The van der Waals surface area contributed by atoms with Crippen molar-refractivity contribution in [1.82, 2.24) is 20.1 Å². The van der Waals surface area contributed by atoms with Gasteiger partial charge in [0.25, 0.3) is 5.91 Å². The molecule has 7 nitrogen and oxygen atoms in total. The van der Waals surface area contributed by atoms with E-state index in [-0.39, 0.29) is 11.8 Å². The van der Waals surface area contributed by atoms with Crippen LogP contribution in [0.3, 0.4) is 0 Å². The van der Waals surface area contributed by atoms with Gasteiger partial charge in [0.1, 0.15) is 0 Å².